The fourth-order valence-electron chi connectivity index (χ4n) is 3.66. The molecule has 2 saturated heterocycles. The Kier molecular flexibility index (Phi) is 4.49. The van der Waals surface area contributed by atoms with Crippen molar-refractivity contribution in [2.24, 2.45) is 17.8 Å². The highest BCUT2D eigenvalue weighted by molar-refractivity contribution is 5.75. The topological polar surface area (TPSA) is 58.8 Å². The second-order valence-electron chi connectivity index (χ2n) is 6.84. The Morgan fingerprint density at radius 2 is 2.23 bits per heavy atom. The van der Waals surface area contributed by atoms with Crippen LogP contribution in [0.4, 0.5) is 0 Å². The maximum atomic E-state index is 12.0. The van der Waals surface area contributed by atoms with E-state index in [2.05, 4.69) is 10.1 Å². The highest BCUT2D eigenvalue weighted by atomic mass is 16.5. The van der Waals surface area contributed by atoms with Crippen LogP contribution in [0.15, 0.2) is 10.6 Å². The Hall–Kier alpha value is -1.40. The number of carbonyl (C=O) groups is 1. The summed E-state index contributed by atoms with van der Waals surface area (Å²) in [4.78, 5) is 16.1. The molecule has 2 aliphatic rings. The van der Waals surface area contributed by atoms with Crippen LogP contribution < -0.4 is 0 Å². The molecule has 6 nitrogen and oxygen atoms in total. The van der Waals surface area contributed by atoms with Gasteiger partial charge < -0.3 is 14.2 Å². The summed E-state index contributed by atoms with van der Waals surface area (Å²) in [5.41, 5.74) is 0.984. The summed E-state index contributed by atoms with van der Waals surface area (Å²) in [7, 11) is 3.63. The highest BCUT2D eigenvalue weighted by Crippen LogP contribution is 2.36. The zero-order chi connectivity index (χ0) is 15.7. The van der Waals surface area contributed by atoms with Crippen molar-refractivity contribution in [2.45, 2.75) is 19.9 Å². The van der Waals surface area contributed by atoms with Crippen LogP contribution in [-0.4, -0.2) is 61.3 Å². The fraction of sp³-hybridized carbons (Fsp3) is 0.750. The third-order valence-electron chi connectivity index (χ3n) is 4.83. The number of hydrogen-bond acceptors (Lipinski definition) is 5. The van der Waals surface area contributed by atoms with Gasteiger partial charge in [0.1, 0.15) is 5.76 Å². The van der Waals surface area contributed by atoms with Crippen LogP contribution in [0, 0.1) is 24.7 Å². The van der Waals surface area contributed by atoms with Crippen LogP contribution in [0.2, 0.25) is 0 Å². The van der Waals surface area contributed by atoms with E-state index in [1.807, 2.05) is 27.1 Å². The van der Waals surface area contributed by atoms with E-state index in [1.54, 1.807) is 4.90 Å². The summed E-state index contributed by atoms with van der Waals surface area (Å²) in [5.74, 6) is 2.45. The molecule has 0 saturated carbocycles. The Labute approximate surface area is 131 Å². The normalized spacial score (nSPS) is 28.6. The van der Waals surface area contributed by atoms with E-state index in [0.717, 1.165) is 37.7 Å². The molecule has 0 aromatic carbocycles. The monoisotopic (exact) mass is 307 g/mol. The van der Waals surface area contributed by atoms with Gasteiger partial charge in [-0.3, -0.25) is 9.69 Å². The molecule has 0 N–H and O–H groups in total. The minimum Gasteiger partial charge on any atom is -0.381 e. The van der Waals surface area contributed by atoms with Crippen LogP contribution in [0.3, 0.4) is 0 Å². The third kappa shape index (κ3) is 3.33. The molecule has 3 heterocycles. The zero-order valence-electron chi connectivity index (χ0n) is 13.6. The molecular weight excluding hydrogens is 282 g/mol. The average Bonchev–Trinajstić information content (AvgIpc) is 3.05. The van der Waals surface area contributed by atoms with E-state index in [4.69, 9.17) is 9.26 Å². The van der Waals surface area contributed by atoms with Gasteiger partial charge in [0.15, 0.2) is 0 Å². The second kappa shape index (κ2) is 6.38. The summed E-state index contributed by atoms with van der Waals surface area (Å²) >= 11 is 0. The van der Waals surface area contributed by atoms with Crippen LogP contribution in [-0.2, 0) is 16.1 Å². The molecule has 0 bridgehead atoms. The summed E-state index contributed by atoms with van der Waals surface area (Å²) < 4.78 is 10.9. The van der Waals surface area contributed by atoms with Crippen LogP contribution in [0.25, 0.3) is 0 Å². The van der Waals surface area contributed by atoms with Crippen molar-refractivity contribution in [3.63, 3.8) is 0 Å². The van der Waals surface area contributed by atoms with Gasteiger partial charge in [-0.25, -0.2) is 0 Å². The minimum absolute atomic E-state index is 0.194. The predicted molar refractivity (Wildman–Crippen MR) is 81.1 cm³/mol. The number of ether oxygens (including phenoxy) is 1. The lowest BCUT2D eigenvalue weighted by atomic mass is 9.81. The van der Waals surface area contributed by atoms with Crippen LogP contribution >= 0.6 is 0 Å². The molecule has 0 radical (unpaired) electrons. The number of aryl methyl sites for hydroxylation is 1. The van der Waals surface area contributed by atoms with Crippen LogP contribution in [0.1, 0.15) is 17.9 Å². The lowest BCUT2D eigenvalue weighted by Gasteiger charge is -2.33. The van der Waals surface area contributed by atoms with Gasteiger partial charge in [0.05, 0.1) is 18.9 Å². The van der Waals surface area contributed by atoms with Crippen molar-refractivity contribution in [3.05, 3.63) is 17.5 Å². The van der Waals surface area contributed by atoms with E-state index >= 15 is 0 Å². The third-order valence-corrected chi connectivity index (χ3v) is 4.83. The van der Waals surface area contributed by atoms with Gasteiger partial charge in [-0.15, -0.1) is 0 Å². The van der Waals surface area contributed by atoms with Gasteiger partial charge in [-0.1, -0.05) is 5.16 Å². The lowest BCUT2D eigenvalue weighted by molar-refractivity contribution is -0.132. The molecule has 1 aromatic rings. The lowest BCUT2D eigenvalue weighted by Crippen LogP contribution is -2.38. The van der Waals surface area contributed by atoms with Crippen molar-refractivity contribution in [1.82, 2.24) is 15.0 Å². The Morgan fingerprint density at radius 3 is 2.91 bits per heavy atom. The standard InChI is InChI=1S/C16H25N3O3/c1-11-4-14(17-22-11)7-19-6-13-10-21-9-12(15(13)8-19)5-16(20)18(2)3/h4,12-13,15H,5-10H2,1-3H3/t12-,13-,15-/m0/s1. The van der Waals surface area contributed by atoms with E-state index in [9.17, 15) is 4.79 Å². The molecular formula is C16H25N3O3. The quantitative estimate of drug-likeness (QED) is 0.835. The van der Waals surface area contributed by atoms with Crippen molar-refractivity contribution < 1.29 is 14.1 Å². The average molecular weight is 307 g/mol. The number of nitrogens with zero attached hydrogens (tertiary/aromatic N) is 3. The smallest absolute Gasteiger partial charge is 0.222 e. The largest absolute Gasteiger partial charge is 0.381 e. The highest BCUT2D eigenvalue weighted by Gasteiger charge is 2.41. The minimum atomic E-state index is 0.194. The molecule has 22 heavy (non-hydrogen) atoms. The first-order chi connectivity index (χ1) is 10.5. The van der Waals surface area contributed by atoms with Crippen molar-refractivity contribution in [1.29, 1.82) is 0 Å². The number of likely N-dealkylation sites (tertiary alicyclic amines) is 1. The molecule has 0 aliphatic carbocycles. The first-order valence-electron chi connectivity index (χ1n) is 7.95. The van der Waals surface area contributed by atoms with E-state index in [-0.39, 0.29) is 5.91 Å². The summed E-state index contributed by atoms with van der Waals surface area (Å²) in [5, 5.41) is 4.08. The first-order valence-corrected chi connectivity index (χ1v) is 7.95. The number of rotatable bonds is 4. The van der Waals surface area contributed by atoms with Crippen molar-refractivity contribution in [3.8, 4) is 0 Å². The molecule has 0 unspecified atom stereocenters. The first kappa shape index (κ1) is 15.5. The molecule has 2 fully saturated rings. The van der Waals surface area contributed by atoms with Crippen LogP contribution in [0.5, 0.6) is 0 Å². The van der Waals surface area contributed by atoms with E-state index < -0.39 is 0 Å². The number of amides is 1. The Bertz CT molecular complexity index is 528. The number of carbonyl (C=O) groups excluding carboxylic acids is 1. The summed E-state index contributed by atoms with van der Waals surface area (Å²) in [6.07, 6.45) is 0.588. The second-order valence-corrected chi connectivity index (χ2v) is 6.84. The molecule has 122 valence electrons. The van der Waals surface area contributed by atoms with Crippen molar-refractivity contribution >= 4 is 5.91 Å². The van der Waals surface area contributed by atoms with E-state index in [1.165, 1.54) is 0 Å². The number of aromatic nitrogens is 1. The summed E-state index contributed by atoms with van der Waals surface area (Å²) in [6, 6.07) is 1.99. The number of hydrogen-bond donors (Lipinski definition) is 0. The van der Waals surface area contributed by atoms with Gasteiger partial charge in [-0.2, -0.15) is 0 Å². The van der Waals surface area contributed by atoms with Gasteiger partial charge in [-0.05, 0) is 24.7 Å². The van der Waals surface area contributed by atoms with Crippen molar-refractivity contribution in [2.75, 3.05) is 40.4 Å². The van der Waals surface area contributed by atoms with Gasteiger partial charge in [0.2, 0.25) is 5.91 Å². The maximum absolute atomic E-state index is 12.0. The fourth-order valence-corrected chi connectivity index (χ4v) is 3.66. The van der Waals surface area contributed by atoms with Gasteiger partial charge in [0, 0.05) is 46.2 Å². The number of fused-ring (bicyclic) bond motifs is 1. The molecule has 1 aromatic heterocycles. The molecule has 1 amide bonds. The molecule has 3 rings (SSSR count). The Balaban J connectivity index is 1.61. The molecule has 0 spiro atoms. The van der Waals surface area contributed by atoms with Gasteiger partial charge in [0.25, 0.3) is 0 Å². The molecule has 3 atom stereocenters. The van der Waals surface area contributed by atoms with E-state index in [0.29, 0.717) is 30.8 Å². The summed E-state index contributed by atoms with van der Waals surface area (Å²) in [6.45, 7) is 6.29. The predicted octanol–water partition coefficient (Wildman–Crippen LogP) is 1.16. The SMILES string of the molecule is Cc1cc(CN2C[C@H]3COC[C@H](CC(=O)N(C)C)[C@@H]3C2)no1. The Morgan fingerprint density at radius 1 is 1.41 bits per heavy atom. The van der Waals surface area contributed by atoms with Gasteiger partial charge >= 0.3 is 0 Å². The molecule has 2 aliphatic heterocycles. The molecule has 6 heteroatoms. The zero-order valence-corrected chi connectivity index (χ0v) is 13.6. The maximum Gasteiger partial charge on any atom is 0.222 e.